The van der Waals surface area contributed by atoms with Crippen LogP contribution >= 0.6 is 0 Å². The topological polar surface area (TPSA) is 92.8 Å². The molecule has 198 valence electrons. The molecular formula is C30H34N4O4. The van der Waals surface area contributed by atoms with E-state index >= 15 is 0 Å². The minimum absolute atomic E-state index is 0.0540. The van der Waals surface area contributed by atoms with Gasteiger partial charge in [0.1, 0.15) is 17.3 Å². The molecule has 2 aliphatic rings. The molecule has 8 heteroatoms. The van der Waals surface area contributed by atoms with Crippen molar-refractivity contribution in [3.8, 4) is 11.5 Å². The van der Waals surface area contributed by atoms with Crippen LogP contribution in [0.25, 0.3) is 0 Å². The number of anilines is 1. The summed E-state index contributed by atoms with van der Waals surface area (Å²) in [5, 5.41) is 6.20. The number of carbonyl (C=O) groups is 2. The molecule has 2 unspecified atom stereocenters. The lowest BCUT2D eigenvalue weighted by Gasteiger charge is -2.40. The Morgan fingerprint density at radius 3 is 2.42 bits per heavy atom. The molecule has 0 spiro atoms. The summed E-state index contributed by atoms with van der Waals surface area (Å²) in [7, 11) is 3.24. The fourth-order valence-electron chi connectivity index (χ4n) is 5.75. The summed E-state index contributed by atoms with van der Waals surface area (Å²) >= 11 is 0. The average molecular weight is 515 g/mol. The van der Waals surface area contributed by atoms with Gasteiger partial charge in [-0.1, -0.05) is 18.2 Å². The Morgan fingerprint density at radius 2 is 1.74 bits per heavy atom. The van der Waals surface area contributed by atoms with E-state index in [9.17, 15) is 9.59 Å². The van der Waals surface area contributed by atoms with Crippen molar-refractivity contribution in [2.75, 3.05) is 19.1 Å². The van der Waals surface area contributed by atoms with E-state index in [4.69, 9.17) is 9.47 Å². The Hall–Kier alpha value is -4.07. The quantitative estimate of drug-likeness (QED) is 0.467. The molecule has 0 saturated carbocycles. The van der Waals surface area contributed by atoms with Crippen molar-refractivity contribution in [3.63, 3.8) is 0 Å². The molecule has 2 amide bonds. The third-order valence-corrected chi connectivity index (χ3v) is 7.68. The van der Waals surface area contributed by atoms with Crippen LogP contribution in [-0.4, -0.2) is 49.1 Å². The number of amides is 2. The molecular weight excluding hydrogens is 480 g/mol. The molecule has 2 aliphatic heterocycles. The number of nitrogens with one attached hydrogen (secondary N) is 2. The summed E-state index contributed by atoms with van der Waals surface area (Å²) in [4.78, 5) is 32.7. The highest BCUT2D eigenvalue weighted by Gasteiger charge is 2.42. The van der Waals surface area contributed by atoms with Crippen molar-refractivity contribution >= 4 is 17.6 Å². The molecule has 1 aromatic heterocycles. The summed E-state index contributed by atoms with van der Waals surface area (Å²) in [5.74, 6) is 2.15. The lowest BCUT2D eigenvalue weighted by molar-refractivity contribution is 0.0923. The fraction of sp³-hybridized carbons (Fsp3) is 0.367. The standard InChI is InChI=1S/C30H34N4O4/c1-19-26(8-5-9-27(19)38-3)30(36)33-22-15-23-11-12-24(16-22)34(23)28-13-10-21(18-31-28)29(35)32-17-20-6-4-7-25(14-20)37-2/h4-10,13-14,18,22-24H,11-12,15-17H2,1-3H3,(H,32,35)(H,33,36). The Kier molecular flexibility index (Phi) is 7.49. The van der Waals surface area contributed by atoms with E-state index in [0.29, 0.717) is 29.8 Å². The van der Waals surface area contributed by atoms with E-state index in [0.717, 1.165) is 54.1 Å². The van der Waals surface area contributed by atoms with Crippen LogP contribution in [0.2, 0.25) is 0 Å². The van der Waals surface area contributed by atoms with E-state index in [2.05, 4.69) is 20.5 Å². The molecule has 38 heavy (non-hydrogen) atoms. The largest absolute Gasteiger partial charge is 0.497 e. The van der Waals surface area contributed by atoms with Crippen LogP contribution in [0.4, 0.5) is 5.82 Å². The summed E-state index contributed by atoms with van der Waals surface area (Å²) in [6.07, 6.45) is 5.53. The number of hydrogen-bond donors (Lipinski definition) is 2. The van der Waals surface area contributed by atoms with Crippen LogP contribution in [0.5, 0.6) is 11.5 Å². The molecule has 8 nitrogen and oxygen atoms in total. The van der Waals surface area contributed by atoms with Gasteiger partial charge in [0.15, 0.2) is 0 Å². The minimum Gasteiger partial charge on any atom is -0.497 e. The number of hydrogen-bond acceptors (Lipinski definition) is 6. The van der Waals surface area contributed by atoms with Crippen LogP contribution in [0, 0.1) is 6.92 Å². The Morgan fingerprint density at radius 1 is 0.974 bits per heavy atom. The minimum atomic E-state index is -0.163. The van der Waals surface area contributed by atoms with Crippen molar-refractivity contribution in [1.82, 2.24) is 15.6 Å². The second-order valence-electron chi connectivity index (χ2n) is 10.0. The zero-order valence-corrected chi connectivity index (χ0v) is 22.1. The SMILES string of the molecule is COc1cccc(CNC(=O)c2ccc(N3C4CCC3CC(NC(=O)c3cccc(OC)c3C)C4)nc2)c1. The number of nitrogens with zero attached hydrogens (tertiary/aromatic N) is 2. The van der Waals surface area contributed by atoms with Crippen LogP contribution in [-0.2, 0) is 6.54 Å². The predicted molar refractivity (Wildman–Crippen MR) is 146 cm³/mol. The average Bonchev–Trinajstić information content (AvgIpc) is 3.21. The molecule has 5 rings (SSSR count). The molecule has 3 heterocycles. The van der Waals surface area contributed by atoms with E-state index in [1.165, 1.54) is 0 Å². The van der Waals surface area contributed by atoms with E-state index in [-0.39, 0.29) is 17.9 Å². The van der Waals surface area contributed by atoms with E-state index in [1.807, 2.05) is 61.5 Å². The number of methoxy groups -OCH3 is 2. The van der Waals surface area contributed by atoms with Gasteiger partial charge in [-0.15, -0.1) is 0 Å². The highest BCUT2D eigenvalue weighted by atomic mass is 16.5. The third kappa shape index (κ3) is 5.30. The molecule has 2 N–H and O–H groups in total. The number of rotatable bonds is 8. The van der Waals surface area contributed by atoms with Crippen LogP contribution in [0.1, 0.15) is 57.5 Å². The van der Waals surface area contributed by atoms with Gasteiger partial charge in [0.25, 0.3) is 11.8 Å². The maximum absolute atomic E-state index is 13.0. The number of ether oxygens (including phenoxy) is 2. The number of benzene rings is 2. The first-order valence-electron chi connectivity index (χ1n) is 13.1. The second kappa shape index (κ2) is 11.1. The van der Waals surface area contributed by atoms with Crippen molar-refractivity contribution in [3.05, 3.63) is 83.0 Å². The normalized spacial score (nSPS) is 20.1. The first-order valence-corrected chi connectivity index (χ1v) is 13.1. The summed E-state index contributed by atoms with van der Waals surface area (Å²) < 4.78 is 10.6. The van der Waals surface area contributed by atoms with Gasteiger partial charge in [0.2, 0.25) is 0 Å². The zero-order chi connectivity index (χ0) is 26.6. The first-order chi connectivity index (χ1) is 18.5. The van der Waals surface area contributed by atoms with Gasteiger partial charge in [0, 0.05) is 42.0 Å². The summed E-state index contributed by atoms with van der Waals surface area (Å²) in [6, 6.07) is 17.7. The smallest absolute Gasteiger partial charge is 0.253 e. The number of carbonyl (C=O) groups excluding carboxylic acids is 2. The first kappa shape index (κ1) is 25.6. The Balaban J connectivity index is 1.19. The van der Waals surface area contributed by atoms with Crippen LogP contribution in [0.15, 0.2) is 60.8 Å². The van der Waals surface area contributed by atoms with Gasteiger partial charge < -0.3 is 25.0 Å². The van der Waals surface area contributed by atoms with Gasteiger partial charge in [-0.2, -0.15) is 0 Å². The number of aromatic nitrogens is 1. The maximum Gasteiger partial charge on any atom is 0.253 e. The highest BCUT2D eigenvalue weighted by Crippen LogP contribution is 2.38. The summed E-state index contributed by atoms with van der Waals surface area (Å²) in [5.41, 5.74) is 3.00. The number of pyridine rings is 1. The number of piperidine rings is 1. The molecule has 0 aliphatic carbocycles. The monoisotopic (exact) mass is 514 g/mol. The van der Waals surface area contributed by atoms with E-state index < -0.39 is 0 Å². The van der Waals surface area contributed by atoms with Crippen molar-refractivity contribution in [2.45, 2.75) is 57.3 Å². The maximum atomic E-state index is 13.0. The van der Waals surface area contributed by atoms with Crippen molar-refractivity contribution in [1.29, 1.82) is 0 Å². The fourth-order valence-corrected chi connectivity index (χ4v) is 5.75. The van der Waals surface area contributed by atoms with Crippen LogP contribution < -0.4 is 25.0 Å². The molecule has 3 aromatic rings. The zero-order valence-electron chi connectivity index (χ0n) is 22.1. The summed E-state index contributed by atoms with van der Waals surface area (Å²) in [6.45, 7) is 2.32. The predicted octanol–water partition coefficient (Wildman–Crippen LogP) is 4.27. The van der Waals surface area contributed by atoms with Gasteiger partial charge in [-0.05, 0) is 74.6 Å². The van der Waals surface area contributed by atoms with E-state index in [1.54, 1.807) is 20.4 Å². The van der Waals surface area contributed by atoms with Crippen molar-refractivity contribution < 1.29 is 19.1 Å². The van der Waals surface area contributed by atoms with Crippen molar-refractivity contribution in [2.24, 2.45) is 0 Å². The third-order valence-electron chi connectivity index (χ3n) is 7.68. The molecule has 0 radical (unpaired) electrons. The van der Waals surface area contributed by atoms with Gasteiger partial charge in [-0.25, -0.2) is 4.98 Å². The molecule has 2 atom stereocenters. The highest BCUT2D eigenvalue weighted by molar-refractivity contribution is 5.96. The second-order valence-corrected chi connectivity index (χ2v) is 10.0. The Labute approximate surface area is 223 Å². The molecule has 2 saturated heterocycles. The Bertz CT molecular complexity index is 1300. The molecule has 2 bridgehead atoms. The molecule has 2 aromatic carbocycles. The lowest BCUT2D eigenvalue weighted by atomic mass is 9.96. The van der Waals surface area contributed by atoms with Gasteiger partial charge in [-0.3, -0.25) is 9.59 Å². The van der Waals surface area contributed by atoms with Crippen LogP contribution in [0.3, 0.4) is 0 Å². The number of fused-ring (bicyclic) bond motifs is 2. The molecule has 2 fully saturated rings. The van der Waals surface area contributed by atoms with Gasteiger partial charge in [0.05, 0.1) is 19.8 Å². The lowest BCUT2D eigenvalue weighted by Crippen LogP contribution is -2.50. The van der Waals surface area contributed by atoms with Gasteiger partial charge >= 0.3 is 0 Å².